The molecule has 0 aromatic heterocycles. The van der Waals surface area contributed by atoms with E-state index < -0.39 is 28.0 Å². The van der Waals surface area contributed by atoms with Crippen LogP contribution in [0.15, 0.2) is 0 Å². The molecule has 3 fully saturated rings. The maximum Gasteiger partial charge on any atom is 0.410 e. The van der Waals surface area contributed by atoms with Crippen molar-refractivity contribution in [3.8, 4) is 0 Å². The van der Waals surface area contributed by atoms with E-state index in [-0.39, 0.29) is 36.1 Å². The Morgan fingerprint density at radius 3 is 2.19 bits per heavy atom. The van der Waals surface area contributed by atoms with Gasteiger partial charge < -0.3 is 19.9 Å². The molecule has 3 unspecified atom stereocenters. The molecule has 1 N–H and O–H groups in total. The molecule has 2 heterocycles. The molecule has 3 amide bonds. The van der Waals surface area contributed by atoms with Gasteiger partial charge in [0, 0.05) is 55.3 Å². The van der Waals surface area contributed by atoms with Crippen LogP contribution in [0.4, 0.5) is 9.18 Å². The lowest BCUT2D eigenvalue weighted by Gasteiger charge is -2.40. The summed E-state index contributed by atoms with van der Waals surface area (Å²) >= 11 is 1.65. The number of likely N-dealkylation sites (tertiary alicyclic amines) is 1. The van der Waals surface area contributed by atoms with Crippen LogP contribution < -0.4 is 5.32 Å². The Kier molecular flexibility index (Phi) is 8.91. The molecule has 10 heteroatoms. The van der Waals surface area contributed by atoms with Gasteiger partial charge in [0.25, 0.3) is 5.91 Å². The monoisotopic (exact) mass is 528 g/mol. The number of nitrogens with zero attached hydrogens (tertiary/aromatic N) is 3. The van der Waals surface area contributed by atoms with Crippen molar-refractivity contribution >= 4 is 29.7 Å². The van der Waals surface area contributed by atoms with Crippen molar-refractivity contribution in [2.45, 2.75) is 107 Å². The molecule has 0 aromatic rings. The molecule has 0 bridgehead atoms. The normalized spacial score (nSPS) is 24.3. The topological polar surface area (TPSA) is 82.2 Å². The van der Waals surface area contributed by atoms with Crippen LogP contribution in [0.3, 0.4) is 0 Å². The van der Waals surface area contributed by atoms with E-state index in [4.69, 9.17) is 4.74 Å². The Morgan fingerprint density at radius 2 is 1.69 bits per heavy atom. The second-order valence-corrected chi connectivity index (χ2v) is 14.3. The number of hydrogen-bond donors (Lipinski definition) is 1. The van der Waals surface area contributed by atoms with Gasteiger partial charge >= 0.3 is 6.09 Å². The summed E-state index contributed by atoms with van der Waals surface area (Å²) in [4.78, 5) is 44.5. The molecular formula is C26H45FN4O4S. The van der Waals surface area contributed by atoms with Gasteiger partial charge in [-0.05, 0) is 67.2 Å². The summed E-state index contributed by atoms with van der Waals surface area (Å²) in [6.45, 7) is 17.9. The van der Waals surface area contributed by atoms with Crippen LogP contribution in [0.5, 0.6) is 0 Å². The second-order valence-electron chi connectivity index (χ2n) is 12.2. The molecule has 206 valence electrons. The summed E-state index contributed by atoms with van der Waals surface area (Å²) in [6.07, 6.45) is 2.05. The first-order valence-electron chi connectivity index (χ1n) is 13.3. The van der Waals surface area contributed by atoms with Gasteiger partial charge in [0.1, 0.15) is 11.6 Å². The number of amides is 3. The van der Waals surface area contributed by atoms with Gasteiger partial charge in [-0.1, -0.05) is 6.92 Å². The van der Waals surface area contributed by atoms with E-state index >= 15 is 0 Å². The van der Waals surface area contributed by atoms with Gasteiger partial charge in [-0.2, -0.15) is 0 Å². The van der Waals surface area contributed by atoms with Gasteiger partial charge in [0.2, 0.25) is 5.91 Å². The number of piperazine rings is 1. The highest BCUT2D eigenvalue weighted by Gasteiger charge is 2.53. The number of hydrogen-bond acceptors (Lipinski definition) is 6. The highest BCUT2D eigenvalue weighted by Crippen LogP contribution is 2.41. The van der Waals surface area contributed by atoms with Gasteiger partial charge in [0.05, 0.1) is 0 Å². The summed E-state index contributed by atoms with van der Waals surface area (Å²) in [5, 5.41) is 2.97. The minimum absolute atomic E-state index is 0.117. The van der Waals surface area contributed by atoms with E-state index in [1.165, 1.54) is 0 Å². The third-order valence-electron chi connectivity index (χ3n) is 7.19. The molecule has 2 saturated heterocycles. The lowest BCUT2D eigenvalue weighted by atomic mass is 10.0. The maximum atomic E-state index is 14.5. The average molecular weight is 529 g/mol. The number of halogens is 1. The Labute approximate surface area is 220 Å². The van der Waals surface area contributed by atoms with Crippen LogP contribution in [-0.4, -0.2) is 105 Å². The number of alkyl halides is 1. The molecule has 1 aliphatic carbocycles. The predicted octanol–water partition coefficient (Wildman–Crippen LogP) is 3.44. The van der Waals surface area contributed by atoms with Gasteiger partial charge in [0.15, 0.2) is 5.67 Å². The highest BCUT2D eigenvalue weighted by molar-refractivity contribution is 8.01. The largest absolute Gasteiger partial charge is 0.444 e. The van der Waals surface area contributed by atoms with E-state index in [1.807, 2.05) is 46.4 Å². The van der Waals surface area contributed by atoms with E-state index in [1.54, 1.807) is 16.7 Å². The smallest absolute Gasteiger partial charge is 0.410 e. The molecule has 36 heavy (non-hydrogen) atoms. The minimum Gasteiger partial charge on any atom is -0.444 e. The molecule has 3 rings (SSSR count). The van der Waals surface area contributed by atoms with Crippen molar-refractivity contribution in [1.29, 1.82) is 0 Å². The van der Waals surface area contributed by atoms with Crippen LogP contribution in [0.1, 0.15) is 74.1 Å². The Bertz CT molecular complexity index is 821. The Hall–Kier alpha value is -1.55. The standard InChI is InChI=1S/C26H45FN4O4S/c1-18-9-8-12-31(18)21(32)20(28-22(33)26(27)10-11-26)25(6,7)36-19(2)17-29-13-15-30(16-14-29)23(34)35-24(3,4)5/h18-20H,8-17H2,1-7H3,(H,28,33). The molecule has 3 atom stereocenters. The van der Waals surface area contributed by atoms with Crippen molar-refractivity contribution in [3.05, 3.63) is 0 Å². The van der Waals surface area contributed by atoms with Gasteiger partial charge in [-0.15, -0.1) is 11.8 Å². The van der Waals surface area contributed by atoms with Crippen LogP contribution >= 0.6 is 11.8 Å². The highest BCUT2D eigenvalue weighted by atomic mass is 32.2. The Balaban J connectivity index is 1.59. The fraction of sp³-hybridized carbons (Fsp3) is 0.885. The third-order valence-corrected chi connectivity index (χ3v) is 8.59. The molecule has 3 aliphatic rings. The van der Waals surface area contributed by atoms with E-state index in [2.05, 4.69) is 17.1 Å². The van der Waals surface area contributed by atoms with E-state index in [0.29, 0.717) is 19.6 Å². The van der Waals surface area contributed by atoms with Gasteiger partial charge in [-0.3, -0.25) is 14.5 Å². The number of carbonyl (C=O) groups is 3. The zero-order valence-corrected chi connectivity index (χ0v) is 23.9. The van der Waals surface area contributed by atoms with Crippen LogP contribution in [0.2, 0.25) is 0 Å². The van der Waals surface area contributed by atoms with E-state index in [0.717, 1.165) is 32.5 Å². The lowest BCUT2D eigenvalue weighted by Crippen LogP contribution is -2.60. The fourth-order valence-electron chi connectivity index (χ4n) is 4.98. The van der Waals surface area contributed by atoms with Gasteiger partial charge in [-0.25, -0.2) is 9.18 Å². The third kappa shape index (κ3) is 7.49. The van der Waals surface area contributed by atoms with Crippen molar-refractivity contribution < 1.29 is 23.5 Å². The molecular weight excluding hydrogens is 483 g/mol. The molecule has 1 saturated carbocycles. The quantitative estimate of drug-likeness (QED) is 0.520. The maximum absolute atomic E-state index is 14.5. The van der Waals surface area contributed by atoms with Crippen LogP contribution in [0, 0.1) is 0 Å². The summed E-state index contributed by atoms with van der Waals surface area (Å²) < 4.78 is 19.4. The number of rotatable bonds is 8. The first-order chi connectivity index (χ1) is 16.6. The average Bonchev–Trinajstić information content (AvgIpc) is 3.37. The molecule has 0 radical (unpaired) electrons. The molecule has 0 aromatic carbocycles. The number of thioether (sulfide) groups is 1. The van der Waals surface area contributed by atoms with Crippen molar-refractivity contribution in [3.63, 3.8) is 0 Å². The molecule has 2 aliphatic heterocycles. The summed E-state index contributed by atoms with van der Waals surface area (Å²) in [5.74, 6) is -0.777. The summed E-state index contributed by atoms with van der Waals surface area (Å²) in [5.41, 5.74) is -2.34. The lowest BCUT2D eigenvalue weighted by molar-refractivity contribution is -0.139. The summed E-state index contributed by atoms with van der Waals surface area (Å²) in [7, 11) is 0. The molecule has 0 spiro atoms. The predicted molar refractivity (Wildman–Crippen MR) is 141 cm³/mol. The number of carbonyl (C=O) groups excluding carboxylic acids is 3. The fourth-order valence-corrected chi connectivity index (χ4v) is 6.60. The minimum atomic E-state index is -1.82. The first-order valence-corrected chi connectivity index (χ1v) is 14.2. The van der Waals surface area contributed by atoms with Crippen molar-refractivity contribution in [1.82, 2.24) is 20.0 Å². The number of ether oxygens (including phenoxy) is 1. The molecule has 8 nitrogen and oxygen atoms in total. The first kappa shape index (κ1) is 29.0. The van der Waals surface area contributed by atoms with E-state index in [9.17, 15) is 18.8 Å². The summed E-state index contributed by atoms with van der Waals surface area (Å²) in [6, 6.07) is -0.674. The van der Waals surface area contributed by atoms with Crippen LogP contribution in [-0.2, 0) is 14.3 Å². The van der Waals surface area contributed by atoms with Crippen molar-refractivity contribution in [2.75, 3.05) is 39.3 Å². The second kappa shape index (κ2) is 11.1. The van der Waals surface area contributed by atoms with Crippen LogP contribution in [0.25, 0.3) is 0 Å². The zero-order chi connectivity index (χ0) is 26.9. The zero-order valence-electron chi connectivity index (χ0n) is 23.1. The number of nitrogens with one attached hydrogen (secondary N) is 1. The Morgan fingerprint density at radius 1 is 1.08 bits per heavy atom. The van der Waals surface area contributed by atoms with Crippen molar-refractivity contribution in [2.24, 2.45) is 0 Å². The SMILES string of the molecule is CC(CN1CCN(C(=O)OC(C)(C)C)CC1)SC(C)(C)C(NC(=O)C1(F)CC1)C(=O)N1CCCC1C.